The Morgan fingerprint density at radius 1 is 1.22 bits per heavy atom. The van der Waals surface area contributed by atoms with E-state index in [0.717, 1.165) is 34.7 Å². The van der Waals surface area contributed by atoms with Gasteiger partial charge < -0.3 is 20.1 Å². The predicted octanol–water partition coefficient (Wildman–Crippen LogP) is 2.87. The van der Waals surface area contributed by atoms with E-state index in [2.05, 4.69) is 10.6 Å². The van der Waals surface area contributed by atoms with Crippen molar-refractivity contribution in [3.8, 4) is 11.5 Å². The summed E-state index contributed by atoms with van der Waals surface area (Å²) in [6.07, 6.45) is 0.691. The molecule has 2 aromatic carbocycles. The number of carbonyl (C=O) groups excluding carboxylic acids is 1. The highest BCUT2D eigenvalue weighted by Gasteiger charge is 2.29. The van der Waals surface area contributed by atoms with Gasteiger partial charge in [-0.3, -0.25) is 4.79 Å². The highest BCUT2D eigenvalue weighted by molar-refractivity contribution is 6.01. The zero-order chi connectivity index (χ0) is 16.0. The maximum atomic E-state index is 12.3. The van der Waals surface area contributed by atoms with E-state index in [0.29, 0.717) is 5.56 Å². The van der Waals surface area contributed by atoms with Gasteiger partial charge >= 0.3 is 0 Å². The molecule has 0 bridgehead atoms. The number of anilines is 1. The third-order valence-electron chi connectivity index (χ3n) is 4.31. The number of benzene rings is 2. The molecule has 2 aliphatic rings. The molecule has 0 radical (unpaired) electrons. The monoisotopic (exact) mass is 310 g/mol. The molecule has 0 unspecified atom stereocenters. The van der Waals surface area contributed by atoms with Gasteiger partial charge in [0.15, 0.2) is 0 Å². The molecule has 0 fully saturated rings. The average Bonchev–Trinajstić information content (AvgIpc) is 2.92. The topological polar surface area (TPSA) is 59.6 Å². The van der Waals surface area contributed by atoms with Gasteiger partial charge in [0.25, 0.3) is 5.91 Å². The third-order valence-corrected chi connectivity index (χ3v) is 4.31. The fraction of sp³-hybridized carbons (Fsp3) is 0.278. The van der Waals surface area contributed by atoms with E-state index >= 15 is 0 Å². The van der Waals surface area contributed by atoms with E-state index < -0.39 is 0 Å². The van der Waals surface area contributed by atoms with Crippen molar-refractivity contribution in [3.63, 3.8) is 0 Å². The van der Waals surface area contributed by atoms with Crippen LogP contribution < -0.4 is 20.1 Å². The minimum atomic E-state index is -0.350. The van der Waals surface area contributed by atoms with Crippen molar-refractivity contribution in [2.45, 2.75) is 25.6 Å². The molecule has 2 aliphatic heterocycles. The van der Waals surface area contributed by atoms with Crippen LogP contribution in [0.3, 0.4) is 0 Å². The summed E-state index contributed by atoms with van der Waals surface area (Å²) in [6.45, 7) is 2.04. The van der Waals surface area contributed by atoms with Gasteiger partial charge in [-0.05, 0) is 31.2 Å². The summed E-state index contributed by atoms with van der Waals surface area (Å²) in [4.78, 5) is 12.3. The van der Waals surface area contributed by atoms with Crippen LogP contribution in [0.2, 0.25) is 0 Å². The number of hydrogen-bond acceptors (Lipinski definition) is 4. The molecule has 2 heterocycles. The lowest BCUT2D eigenvalue weighted by Crippen LogP contribution is -2.38. The van der Waals surface area contributed by atoms with Gasteiger partial charge in [-0.2, -0.15) is 0 Å². The fourth-order valence-electron chi connectivity index (χ4n) is 3.22. The summed E-state index contributed by atoms with van der Waals surface area (Å²) >= 11 is 0. The Kier molecular flexibility index (Phi) is 3.15. The van der Waals surface area contributed by atoms with Crippen LogP contribution in [0, 0.1) is 0 Å². The minimum absolute atomic E-state index is 0.0961. The lowest BCUT2D eigenvalue weighted by molar-refractivity contribution is 0.0935. The molecule has 0 spiro atoms. The zero-order valence-corrected chi connectivity index (χ0v) is 13.1. The largest absolute Gasteiger partial charge is 0.496 e. The van der Waals surface area contributed by atoms with Gasteiger partial charge in [-0.1, -0.05) is 12.1 Å². The summed E-state index contributed by atoms with van der Waals surface area (Å²) in [5.41, 5.74) is 3.47. The van der Waals surface area contributed by atoms with E-state index in [1.54, 1.807) is 13.2 Å². The lowest BCUT2D eigenvalue weighted by Gasteiger charge is -2.29. The Bertz CT molecular complexity index is 788. The highest BCUT2D eigenvalue weighted by Crippen LogP contribution is 2.39. The first-order chi connectivity index (χ1) is 11.2. The van der Waals surface area contributed by atoms with E-state index in [9.17, 15) is 4.79 Å². The predicted molar refractivity (Wildman–Crippen MR) is 87.1 cm³/mol. The summed E-state index contributed by atoms with van der Waals surface area (Å²) < 4.78 is 11.4. The first kappa shape index (κ1) is 13.9. The molecule has 0 aromatic heterocycles. The van der Waals surface area contributed by atoms with Crippen LogP contribution >= 0.6 is 0 Å². The van der Waals surface area contributed by atoms with Crippen molar-refractivity contribution < 1.29 is 14.3 Å². The van der Waals surface area contributed by atoms with Crippen molar-refractivity contribution in [2.75, 3.05) is 12.4 Å². The highest BCUT2D eigenvalue weighted by atomic mass is 16.5. The number of nitrogens with one attached hydrogen (secondary N) is 2. The minimum Gasteiger partial charge on any atom is -0.496 e. The molecule has 2 N–H and O–H groups in total. The molecule has 2 atom stereocenters. The molecular weight excluding hydrogens is 292 g/mol. The quantitative estimate of drug-likeness (QED) is 0.895. The van der Waals surface area contributed by atoms with Gasteiger partial charge in [0, 0.05) is 23.2 Å². The molecule has 0 saturated carbocycles. The molecule has 23 heavy (non-hydrogen) atoms. The van der Waals surface area contributed by atoms with E-state index in [-0.39, 0.29) is 18.2 Å². The zero-order valence-electron chi connectivity index (χ0n) is 13.1. The Balaban J connectivity index is 1.74. The van der Waals surface area contributed by atoms with Crippen LogP contribution in [0.4, 0.5) is 5.69 Å². The van der Waals surface area contributed by atoms with Crippen molar-refractivity contribution in [2.24, 2.45) is 0 Å². The Morgan fingerprint density at radius 2 is 2.04 bits per heavy atom. The van der Waals surface area contributed by atoms with Crippen LogP contribution in [-0.4, -0.2) is 19.1 Å². The summed E-state index contributed by atoms with van der Waals surface area (Å²) in [5, 5.41) is 6.33. The summed E-state index contributed by atoms with van der Waals surface area (Å²) in [6, 6.07) is 11.4. The maximum Gasteiger partial charge on any atom is 0.255 e. The molecule has 0 aliphatic carbocycles. The fourth-order valence-corrected chi connectivity index (χ4v) is 3.22. The normalized spacial score (nSPS) is 21.6. The lowest BCUT2D eigenvalue weighted by atomic mass is 10.0. The second-order valence-corrected chi connectivity index (χ2v) is 5.93. The van der Waals surface area contributed by atoms with Crippen LogP contribution in [-0.2, 0) is 6.42 Å². The van der Waals surface area contributed by atoms with Crippen LogP contribution in [0.5, 0.6) is 11.5 Å². The Hall–Kier alpha value is -2.69. The number of carbonyl (C=O) groups is 1. The number of ether oxygens (including phenoxy) is 2. The number of methoxy groups -OCH3 is 1. The van der Waals surface area contributed by atoms with E-state index in [4.69, 9.17) is 9.47 Å². The second kappa shape index (κ2) is 5.19. The second-order valence-electron chi connectivity index (χ2n) is 5.93. The molecule has 0 saturated heterocycles. The summed E-state index contributed by atoms with van der Waals surface area (Å²) in [5.74, 6) is 1.52. The van der Waals surface area contributed by atoms with Crippen molar-refractivity contribution >= 4 is 11.6 Å². The van der Waals surface area contributed by atoms with E-state index in [1.165, 1.54) is 0 Å². The van der Waals surface area contributed by atoms with E-state index in [1.807, 2.05) is 37.3 Å². The Morgan fingerprint density at radius 3 is 2.87 bits per heavy atom. The smallest absolute Gasteiger partial charge is 0.255 e. The summed E-state index contributed by atoms with van der Waals surface area (Å²) in [7, 11) is 1.64. The molecular formula is C18H18N2O3. The SMILES string of the molecule is COc1cc2c(cc1[C@H]1NC(=O)c3ccccc3N1)O[C@H](C)C2. The number of rotatable bonds is 2. The third kappa shape index (κ3) is 2.29. The molecule has 5 heteroatoms. The van der Waals surface area contributed by atoms with Crippen LogP contribution in [0.1, 0.15) is 34.6 Å². The van der Waals surface area contributed by atoms with Gasteiger partial charge in [-0.15, -0.1) is 0 Å². The molecule has 2 aromatic rings. The average molecular weight is 310 g/mol. The number of para-hydroxylation sites is 1. The standard InChI is InChI=1S/C18H18N2O3/c1-10-7-11-8-16(22-2)13(9-15(11)23-10)17-19-14-6-4-3-5-12(14)18(21)20-17/h3-6,8-10,17,19H,7H2,1-2H3,(H,20,21)/t10-,17-/m1/s1. The van der Waals surface area contributed by atoms with Gasteiger partial charge in [-0.25, -0.2) is 0 Å². The van der Waals surface area contributed by atoms with Gasteiger partial charge in [0.05, 0.1) is 12.7 Å². The molecule has 118 valence electrons. The molecule has 5 nitrogen and oxygen atoms in total. The number of hydrogen-bond donors (Lipinski definition) is 2. The molecule has 1 amide bonds. The Labute approximate surface area is 134 Å². The van der Waals surface area contributed by atoms with Gasteiger partial charge in [0.1, 0.15) is 23.8 Å². The maximum absolute atomic E-state index is 12.3. The number of fused-ring (bicyclic) bond motifs is 2. The van der Waals surface area contributed by atoms with Crippen LogP contribution in [0.25, 0.3) is 0 Å². The van der Waals surface area contributed by atoms with Crippen molar-refractivity contribution in [1.82, 2.24) is 5.32 Å². The van der Waals surface area contributed by atoms with Crippen LogP contribution in [0.15, 0.2) is 36.4 Å². The first-order valence-electron chi connectivity index (χ1n) is 7.69. The van der Waals surface area contributed by atoms with Crippen molar-refractivity contribution in [1.29, 1.82) is 0 Å². The van der Waals surface area contributed by atoms with Crippen molar-refractivity contribution in [3.05, 3.63) is 53.1 Å². The van der Waals surface area contributed by atoms with Gasteiger partial charge in [0.2, 0.25) is 0 Å². The first-order valence-corrected chi connectivity index (χ1v) is 7.69. The molecule has 4 rings (SSSR count). The number of amides is 1.